The molecular formula is C21H22N2O2S. The van der Waals surface area contributed by atoms with Crippen molar-refractivity contribution in [3.63, 3.8) is 0 Å². The molecular weight excluding hydrogens is 344 g/mol. The Hall–Kier alpha value is -2.40. The Morgan fingerprint density at radius 1 is 1.23 bits per heavy atom. The number of amides is 1. The van der Waals surface area contributed by atoms with Gasteiger partial charge in [-0.15, -0.1) is 11.3 Å². The number of methoxy groups -OCH3 is 1. The van der Waals surface area contributed by atoms with E-state index in [0.29, 0.717) is 5.56 Å². The SMILES string of the molecule is COc1cc(C(=O)N2CCCCC2c2nc3ccccc3s2)ccc1C. The molecule has 4 rings (SSSR count). The molecule has 1 saturated heterocycles. The van der Waals surface area contributed by atoms with E-state index >= 15 is 0 Å². The van der Waals surface area contributed by atoms with Crippen LogP contribution in [0.5, 0.6) is 5.75 Å². The van der Waals surface area contributed by atoms with Gasteiger partial charge < -0.3 is 9.64 Å². The average Bonchev–Trinajstić information content (AvgIpc) is 3.12. The van der Waals surface area contributed by atoms with Gasteiger partial charge in [-0.05, 0) is 56.0 Å². The van der Waals surface area contributed by atoms with Crippen LogP contribution in [0.1, 0.15) is 46.2 Å². The zero-order valence-corrected chi connectivity index (χ0v) is 15.9. The summed E-state index contributed by atoms with van der Waals surface area (Å²) in [6.07, 6.45) is 3.13. The van der Waals surface area contributed by atoms with Gasteiger partial charge in [0.15, 0.2) is 0 Å². The number of para-hydroxylation sites is 1. The van der Waals surface area contributed by atoms with Crippen LogP contribution in [0.2, 0.25) is 0 Å². The molecule has 0 radical (unpaired) electrons. The highest BCUT2D eigenvalue weighted by Gasteiger charge is 2.31. The molecule has 0 bridgehead atoms. The number of likely N-dealkylation sites (tertiary alicyclic amines) is 1. The topological polar surface area (TPSA) is 42.4 Å². The molecule has 1 aliphatic heterocycles. The molecule has 1 unspecified atom stereocenters. The third kappa shape index (κ3) is 3.07. The molecule has 1 atom stereocenters. The van der Waals surface area contributed by atoms with Crippen molar-refractivity contribution >= 4 is 27.5 Å². The summed E-state index contributed by atoms with van der Waals surface area (Å²) in [5.41, 5.74) is 2.73. The zero-order valence-electron chi connectivity index (χ0n) is 15.1. The summed E-state index contributed by atoms with van der Waals surface area (Å²) in [4.78, 5) is 20.0. The van der Waals surface area contributed by atoms with E-state index in [1.54, 1.807) is 18.4 Å². The van der Waals surface area contributed by atoms with Gasteiger partial charge in [0.2, 0.25) is 0 Å². The number of carbonyl (C=O) groups excluding carboxylic acids is 1. The number of aromatic nitrogens is 1. The first-order valence-electron chi connectivity index (χ1n) is 8.98. The van der Waals surface area contributed by atoms with Gasteiger partial charge in [-0.2, -0.15) is 0 Å². The number of ether oxygens (including phenoxy) is 1. The maximum atomic E-state index is 13.2. The number of rotatable bonds is 3. The number of nitrogens with zero attached hydrogens (tertiary/aromatic N) is 2. The number of carbonyl (C=O) groups is 1. The second-order valence-corrected chi connectivity index (χ2v) is 7.78. The summed E-state index contributed by atoms with van der Waals surface area (Å²) in [5.74, 6) is 0.816. The highest BCUT2D eigenvalue weighted by Crippen LogP contribution is 2.36. The molecule has 0 spiro atoms. The lowest BCUT2D eigenvalue weighted by atomic mass is 10.0. The molecule has 1 aromatic heterocycles. The average molecular weight is 366 g/mol. The van der Waals surface area contributed by atoms with Crippen LogP contribution in [0.3, 0.4) is 0 Å². The molecule has 0 N–H and O–H groups in total. The lowest BCUT2D eigenvalue weighted by Crippen LogP contribution is -2.38. The maximum Gasteiger partial charge on any atom is 0.254 e. The molecule has 0 aliphatic carbocycles. The summed E-state index contributed by atoms with van der Waals surface area (Å²) in [7, 11) is 1.64. The third-order valence-corrected chi connectivity index (χ3v) is 6.15. The van der Waals surface area contributed by atoms with Gasteiger partial charge in [-0.25, -0.2) is 4.98 Å². The molecule has 3 aromatic rings. The molecule has 26 heavy (non-hydrogen) atoms. The van der Waals surface area contributed by atoms with Gasteiger partial charge in [-0.1, -0.05) is 18.2 Å². The number of fused-ring (bicyclic) bond motifs is 1. The van der Waals surface area contributed by atoms with E-state index in [-0.39, 0.29) is 11.9 Å². The Morgan fingerprint density at radius 3 is 2.88 bits per heavy atom. The van der Waals surface area contributed by atoms with E-state index in [0.717, 1.165) is 47.6 Å². The van der Waals surface area contributed by atoms with Crippen LogP contribution in [-0.4, -0.2) is 29.4 Å². The Labute approximate surface area is 157 Å². The second kappa shape index (κ2) is 7.08. The van der Waals surface area contributed by atoms with Crippen LogP contribution in [0.25, 0.3) is 10.2 Å². The lowest BCUT2D eigenvalue weighted by molar-refractivity contribution is 0.0611. The van der Waals surface area contributed by atoms with Crippen molar-refractivity contribution in [2.75, 3.05) is 13.7 Å². The Kier molecular flexibility index (Phi) is 4.64. The summed E-state index contributed by atoms with van der Waals surface area (Å²) < 4.78 is 6.57. The molecule has 0 saturated carbocycles. The minimum atomic E-state index is 0.0564. The van der Waals surface area contributed by atoms with Gasteiger partial charge in [0.05, 0.1) is 23.4 Å². The molecule has 134 valence electrons. The number of aryl methyl sites for hydroxylation is 1. The lowest BCUT2D eigenvalue weighted by Gasteiger charge is -2.34. The van der Waals surface area contributed by atoms with Crippen molar-refractivity contribution in [2.24, 2.45) is 0 Å². The fourth-order valence-corrected chi connectivity index (χ4v) is 4.70. The van der Waals surface area contributed by atoms with E-state index in [1.807, 2.05) is 48.2 Å². The molecule has 2 aromatic carbocycles. The maximum absolute atomic E-state index is 13.2. The van der Waals surface area contributed by atoms with Crippen molar-refractivity contribution in [2.45, 2.75) is 32.2 Å². The predicted molar refractivity (Wildman–Crippen MR) is 105 cm³/mol. The Bertz CT molecular complexity index is 917. The first-order chi connectivity index (χ1) is 12.7. The smallest absolute Gasteiger partial charge is 0.254 e. The number of thiazole rings is 1. The first kappa shape index (κ1) is 17.0. The molecule has 1 fully saturated rings. The van der Waals surface area contributed by atoms with Crippen molar-refractivity contribution in [3.8, 4) is 5.75 Å². The number of piperidine rings is 1. The summed E-state index contributed by atoms with van der Waals surface area (Å²) in [5, 5.41) is 1.04. The predicted octanol–water partition coefficient (Wildman–Crippen LogP) is 4.98. The van der Waals surface area contributed by atoms with E-state index in [4.69, 9.17) is 9.72 Å². The fraction of sp³-hybridized carbons (Fsp3) is 0.333. The molecule has 5 heteroatoms. The standard InChI is InChI=1S/C21H22N2O2S/c1-14-10-11-15(13-18(14)25-2)21(24)23-12-6-5-8-17(23)20-22-16-7-3-4-9-19(16)26-20/h3-4,7,9-11,13,17H,5-6,8,12H2,1-2H3. The summed E-state index contributed by atoms with van der Waals surface area (Å²) in [6, 6.07) is 13.9. The van der Waals surface area contributed by atoms with Crippen molar-refractivity contribution in [1.29, 1.82) is 0 Å². The van der Waals surface area contributed by atoms with Crippen LogP contribution in [0.15, 0.2) is 42.5 Å². The highest BCUT2D eigenvalue weighted by molar-refractivity contribution is 7.18. The molecule has 4 nitrogen and oxygen atoms in total. The quantitative estimate of drug-likeness (QED) is 0.656. The minimum absolute atomic E-state index is 0.0564. The highest BCUT2D eigenvalue weighted by atomic mass is 32.1. The summed E-state index contributed by atoms with van der Waals surface area (Å²) >= 11 is 1.70. The van der Waals surface area contributed by atoms with Crippen LogP contribution < -0.4 is 4.74 Å². The number of hydrogen-bond donors (Lipinski definition) is 0. The fourth-order valence-electron chi connectivity index (χ4n) is 3.58. The largest absolute Gasteiger partial charge is 0.496 e. The zero-order chi connectivity index (χ0) is 18.1. The third-order valence-electron chi connectivity index (χ3n) is 5.01. The molecule has 1 amide bonds. The van der Waals surface area contributed by atoms with Crippen LogP contribution >= 0.6 is 11.3 Å². The Morgan fingerprint density at radius 2 is 2.08 bits per heavy atom. The monoisotopic (exact) mass is 366 g/mol. The van der Waals surface area contributed by atoms with Gasteiger partial charge in [0, 0.05) is 12.1 Å². The number of benzene rings is 2. The second-order valence-electron chi connectivity index (χ2n) is 6.71. The van der Waals surface area contributed by atoms with Crippen LogP contribution in [0.4, 0.5) is 0 Å². The van der Waals surface area contributed by atoms with E-state index in [1.165, 1.54) is 4.70 Å². The van der Waals surface area contributed by atoms with E-state index in [2.05, 4.69) is 6.07 Å². The minimum Gasteiger partial charge on any atom is -0.496 e. The van der Waals surface area contributed by atoms with Crippen molar-refractivity contribution in [3.05, 3.63) is 58.6 Å². The van der Waals surface area contributed by atoms with Crippen molar-refractivity contribution in [1.82, 2.24) is 9.88 Å². The van der Waals surface area contributed by atoms with Crippen LogP contribution in [0, 0.1) is 6.92 Å². The summed E-state index contributed by atoms with van der Waals surface area (Å²) in [6.45, 7) is 2.76. The van der Waals surface area contributed by atoms with Gasteiger partial charge in [-0.3, -0.25) is 4.79 Å². The normalized spacial score (nSPS) is 17.5. The van der Waals surface area contributed by atoms with Gasteiger partial charge in [0.25, 0.3) is 5.91 Å². The molecule has 2 heterocycles. The van der Waals surface area contributed by atoms with Crippen LogP contribution in [-0.2, 0) is 0 Å². The van der Waals surface area contributed by atoms with Gasteiger partial charge >= 0.3 is 0 Å². The van der Waals surface area contributed by atoms with Gasteiger partial charge in [0.1, 0.15) is 10.8 Å². The Balaban J connectivity index is 1.67. The van der Waals surface area contributed by atoms with E-state index < -0.39 is 0 Å². The van der Waals surface area contributed by atoms with Crippen molar-refractivity contribution < 1.29 is 9.53 Å². The number of hydrogen-bond acceptors (Lipinski definition) is 4. The van der Waals surface area contributed by atoms with E-state index in [9.17, 15) is 4.79 Å². The first-order valence-corrected chi connectivity index (χ1v) is 9.80. The molecule has 1 aliphatic rings.